The SMILES string of the molecule is Cl.Cl.O=C(C=Cc1cnc(N[C@@H]2CCN(Cc3ccccc3Cl)C2)cn1)NO. The summed E-state index contributed by atoms with van der Waals surface area (Å²) in [5.74, 6) is 0.0805. The highest BCUT2D eigenvalue weighted by molar-refractivity contribution is 6.31. The molecule has 1 aliphatic rings. The van der Waals surface area contributed by atoms with E-state index in [0.717, 1.165) is 36.6 Å². The highest BCUT2D eigenvalue weighted by Crippen LogP contribution is 2.21. The second kappa shape index (κ2) is 11.8. The van der Waals surface area contributed by atoms with Crippen molar-refractivity contribution in [3.63, 3.8) is 0 Å². The normalized spacial score (nSPS) is 16.3. The van der Waals surface area contributed by atoms with Gasteiger partial charge in [-0.15, -0.1) is 24.8 Å². The van der Waals surface area contributed by atoms with Gasteiger partial charge in [0.1, 0.15) is 5.82 Å². The van der Waals surface area contributed by atoms with Crippen molar-refractivity contribution in [3.8, 4) is 0 Å². The number of nitrogens with zero attached hydrogens (tertiary/aromatic N) is 3. The zero-order valence-electron chi connectivity index (χ0n) is 14.9. The van der Waals surface area contributed by atoms with Gasteiger partial charge in [-0.1, -0.05) is 29.8 Å². The molecule has 152 valence electrons. The number of halogens is 3. The summed E-state index contributed by atoms with van der Waals surface area (Å²) in [6.07, 6.45) is 6.88. The Bertz CT molecular complexity index is 789. The topological polar surface area (TPSA) is 90.4 Å². The summed E-state index contributed by atoms with van der Waals surface area (Å²) in [5, 5.41) is 12.6. The van der Waals surface area contributed by atoms with Crippen molar-refractivity contribution in [3.05, 3.63) is 59.0 Å². The maximum Gasteiger partial charge on any atom is 0.267 e. The zero-order chi connectivity index (χ0) is 18.4. The number of hydroxylamine groups is 1. The molecule has 1 saturated heterocycles. The Morgan fingerprint density at radius 1 is 1.29 bits per heavy atom. The lowest BCUT2D eigenvalue weighted by Gasteiger charge is -2.17. The van der Waals surface area contributed by atoms with Crippen LogP contribution in [0.2, 0.25) is 5.02 Å². The minimum absolute atomic E-state index is 0. The van der Waals surface area contributed by atoms with Gasteiger partial charge in [0.05, 0.1) is 18.1 Å². The van der Waals surface area contributed by atoms with E-state index in [9.17, 15) is 4.79 Å². The molecule has 0 bridgehead atoms. The third kappa shape index (κ3) is 6.92. The monoisotopic (exact) mass is 445 g/mol. The second-order valence-corrected chi connectivity index (χ2v) is 6.50. The fraction of sp³-hybridized carbons (Fsp3) is 0.278. The van der Waals surface area contributed by atoms with E-state index in [1.807, 2.05) is 18.2 Å². The lowest BCUT2D eigenvalue weighted by molar-refractivity contribution is -0.124. The molecular formula is C18H22Cl3N5O2. The quantitative estimate of drug-likeness (QED) is 0.359. The van der Waals surface area contributed by atoms with Crippen LogP contribution in [0.1, 0.15) is 17.7 Å². The van der Waals surface area contributed by atoms with Gasteiger partial charge in [-0.2, -0.15) is 0 Å². The van der Waals surface area contributed by atoms with E-state index in [1.54, 1.807) is 12.4 Å². The Labute approximate surface area is 181 Å². The molecule has 0 saturated carbocycles. The summed E-state index contributed by atoms with van der Waals surface area (Å²) in [5.41, 5.74) is 3.19. The standard InChI is InChI=1S/C18H20ClN5O2.2ClH/c19-16-4-2-1-3-13(16)11-24-8-7-15(12-24)22-17-10-20-14(9-21-17)5-6-18(25)23-26;;/h1-6,9-10,15,26H,7-8,11-12H2,(H,21,22)(H,23,25);2*1H/t15-;;/m1../s1. The van der Waals surface area contributed by atoms with E-state index < -0.39 is 5.91 Å². The molecule has 2 aromatic rings. The van der Waals surface area contributed by atoms with Gasteiger partial charge >= 0.3 is 0 Å². The molecule has 0 aliphatic carbocycles. The third-order valence-electron chi connectivity index (χ3n) is 4.16. The van der Waals surface area contributed by atoms with Crippen molar-refractivity contribution in [1.82, 2.24) is 20.3 Å². The first kappa shape index (κ1) is 24.1. The number of carbonyl (C=O) groups excluding carboxylic acids is 1. The Kier molecular flexibility index (Phi) is 10.2. The summed E-state index contributed by atoms with van der Waals surface area (Å²) >= 11 is 6.23. The van der Waals surface area contributed by atoms with E-state index in [-0.39, 0.29) is 24.8 Å². The second-order valence-electron chi connectivity index (χ2n) is 6.09. The van der Waals surface area contributed by atoms with Gasteiger partial charge in [0.15, 0.2) is 0 Å². The largest absolute Gasteiger partial charge is 0.365 e. The number of hydrogen-bond donors (Lipinski definition) is 3. The molecule has 1 aromatic carbocycles. The molecule has 0 radical (unpaired) electrons. The molecule has 1 amide bonds. The number of aromatic nitrogens is 2. The minimum atomic E-state index is -0.612. The highest BCUT2D eigenvalue weighted by Gasteiger charge is 2.23. The predicted molar refractivity (Wildman–Crippen MR) is 114 cm³/mol. The maximum absolute atomic E-state index is 10.9. The van der Waals surface area contributed by atoms with E-state index in [1.165, 1.54) is 17.6 Å². The number of benzene rings is 1. The van der Waals surface area contributed by atoms with Gasteiger partial charge in [0.25, 0.3) is 5.91 Å². The van der Waals surface area contributed by atoms with Gasteiger partial charge in [-0.05, 0) is 24.1 Å². The summed E-state index contributed by atoms with van der Waals surface area (Å²) < 4.78 is 0. The van der Waals surface area contributed by atoms with Crippen LogP contribution in [0, 0.1) is 0 Å². The average Bonchev–Trinajstić information content (AvgIpc) is 3.09. The summed E-state index contributed by atoms with van der Waals surface area (Å²) in [7, 11) is 0. The number of nitrogens with one attached hydrogen (secondary N) is 2. The molecule has 2 heterocycles. The maximum atomic E-state index is 10.9. The molecule has 1 fully saturated rings. The average molecular weight is 447 g/mol. The van der Waals surface area contributed by atoms with Gasteiger partial charge < -0.3 is 5.32 Å². The van der Waals surface area contributed by atoms with Gasteiger partial charge in [0, 0.05) is 36.8 Å². The van der Waals surface area contributed by atoms with Crippen molar-refractivity contribution >= 4 is 54.2 Å². The molecule has 3 rings (SSSR count). The molecule has 0 unspecified atom stereocenters. The molecule has 1 atom stereocenters. The molecule has 3 N–H and O–H groups in total. The van der Waals surface area contributed by atoms with Crippen molar-refractivity contribution < 1.29 is 10.0 Å². The number of carbonyl (C=O) groups is 1. The Hall–Kier alpha value is -1.90. The van der Waals surface area contributed by atoms with Crippen LogP contribution in [-0.4, -0.2) is 45.1 Å². The molecule has 1 aromatic heterocycles. The van der Waals surface area contributed by atoms with E-state index in [0.29, 0.717) is 17.6 Å². The van der Waals surface area contributed by atoms with Crippen LogP contribution in [0.15, 0.2) is 42.7 Å². The summed E-state index contributed by atoms with van der Waals surface area (Å²) in [6.45, 7) is 2.73. The first-order valence-electron chi connectivity index (χ1n) is 8.30. The summed E-state index contributed by atoms with van der Waals surface area (Å²) in [6, 6.07) is 8.21. The van der Waals surface area contributed by atoms with Crippen LogP contribution in [0.3, 0.4) is 0 Å². The molecule has 28 heavy (non-hydrogen) atoms. The van der Waals surface area contributed by atoms with Crippen LogP contribution in [0.4, 0.5) is 5.82 Å². The van der Waals surface area contributed by atoms with Crippen molar-refractivity contribution in [2.75, 3.05) is 18.4 Å². The number of likely N-dealkylation sites (tertiary alicyclic amines) is 1. The van der Waals surface area contributed by atoms with E-state index >= 15 is 0 Å². The van der Waals surface area contributed by atoms with Gasteiger partial charge in [-0.3, -0.25) is 19.9 Å². The number of amides is 1. The van der Waals surface area contributed by atoms with Crippen molar-refractivity contribution in [1.29, 1.82) is 0 Å². The van der Waals surface area contributed by atoms with Crippen LogP contribution < -0.4 is 10.8 Å². The smallest absolute Gasteiger partial charge is 0.267 e. The Morgan fingerprint density at radius 3 is 2.75 bits per heavy atom. The van der Waals surface area contributed by atoms with Gasteiger partial charge in [-0.25, -0.2) is 10.5 Å². The first-order valence-corrected chi connectivity index (χ1v) is 8.68. The molecule has 1 aliphatic heterocycles. The van der Waals surface area contributed by atoms with Crippen LogP contribution in [0.5, 0.6) is 0 Å². The molecule has 0 spiro atoms. The highest BCUT2D eigenvalue weighted by atomic mass is 35.5. The predicted octanol–water partition coefficient (Wildman–Crippen LogP) is 3.18. The van der Waals surface area contributed by atoms with Crippen molar-refractivity contribution in [2.24, 2.45) is 0 Å². The lowest BCUT2D eigenvalue weighted by Crippen LogP contribution is -2.26. The number of anilines is 1. The zero-order valence-corrected chi connectivity index (χ0v) is 17.3. The summed E-state index contributed by atoms with van der Waals surface area (Å²) in [4.78, 5) is 21.8. The molecule has 10 heteroatoms. The first-order chi connectivity index (χ1) is 12.6. The number of rotatable bonds is 6. The van der Waals surface area contributed by atoms with E-state index in [4.69, 9.17) is 16.8 Å². The van der Waals surface area contributed by atoms with Crippen LogP contribution >= 0.6 is 36.4 Å². The van der Waals surface area contributed by atoms with E-state index in [2.05, 4.69) is 26.3 Å². The molecular weight excluding hydrogens is 425 g/mol. The number of hydrogen-bond acceptors (Lipinski definition) is 6. The van der Waals surface area contributed by atoms with Crippen LogP contribution in [-0.2, 0) is 11.3 Å². The van der Waals surface area contributed by atoms with Gasteiger partial charge in [0.2, 0.25) is 0 Å². The van der Waals surface area contributed by atoms with Crippen LogP contribution in [0.25, 0.3) is 6.08 Å². The molecule has 7 nitrogen and oxygen atoms in total. The fourth-order valence-corrected chi connectivity index (χ4v) is 3.06. The lowest BCUT2D eigenvalue weighted by atomic mass is 10.2. The van der Waals surface area contributed by atoms with Crippen molar-refractivity contribution in [2.45, 2.75) is 19.0 Å². The fourth-order valence-electron chi connectivity index (χ4n) is 2.87. The Balaban J connectivity index is 0.00000196. The third-order valence-corrected chi connectivity index (χ3v) is 4.53. The minimum Gasteiger partial charge on any atom is -0.365 e. The Morgan fingerprint density at radius 2 is 2.07 bits per heavy atom.